The van der Waals surface area contributed by atoms with Crippen LogP contribution in [0.4, 0.5) is 0 Å². The third-order valence-corrected chi connectivity index (χ3v) is 4.19. The molecule has 6 heteroatoms. The summed E-state index contributed by atoms with van der Waals surface area (Å²) in [7, 11) is 1.95. The van der Waals surface area contributed by atoms with Crippen molar-refractivity contribution in [3.05, 3.63) is 15.9 Å². The van der Waals surface area contributed by atoms with Crippen LogP contribution in [0, 0.1) is 0 Å². The van der Waals surface area contributed by atoms with Gasteiger partial charge in [0.2, 0.25) is 0 Å². The standard InChI is InChI=1S/C13H22BrN3O2/c1-4-11-13(14)12(17(3)16-11)8-18-7-10-6-15-5-9(2)19-10/h9-10,15H,4-8H2,1-3H3. The summed E-state index contributed by atoms with van der Waals surface area (Å²) in [6.45, 7) is 7.11. The quantitative estimate of drug-likeness (QED) is 0.891. The number of aryl methyl sites for hydroxylation is 2. The summed E-state index contributed by atoms with van der Waals surface area (Å²) in [5, 5.41) is 7.79. The van der Waals surface area contributed by atoms with Gasteiger partial charge in [0.15, 0.2) is 0 Å². The average Bonchev–Trinajstić information content (AvgIpc) is 2.66. The fourth-order valence-electron chi connectivity index (χ4n) is 2.23. The summed E-state index contributed by atoms with van der Waals surface area (Å²) in [5.74, 6) is 0. The third-order valence-electron chi connectivity index (χ3n) is 3.27. The van der Waals surface area contributed by atoms with Crippen LogP contribution in [0.15, 0.2) is 4.47 Å². The number of nitrogens with zero attached hydrogens (tertiary/aromatic N) is 2. The van der Waals surface area contributed by atoms with Crippen molar-refractivity contribution in [1.29, 1.82) is 0 Å². The summed E-state index contributed by atoms with van der Waals surface area (Å²) in [4.78, 5) is 0. The van der Waals surface area contributed by atoms with E-state index in [0.29, 0.717) is 13.2 Å². The normalized spacial score (nSPS) is 23.8. The highest BCUT2D eigenvalue weighted by atomic mass is 79.9. The SMILES string of the molecule is CCc1nn(C)c(COCC2CNCC(C)O2)c1Br. The van der Waals surface area contributed by atoms with E-state index in [1.807, 2.05) is 11.7 Å². The van der Waals surface area contributed by atoms with E-state index in [-0.39, 0.29) is 12.2 Å². The summed E-state index contributed by atoms with van der Waals surface area (Å²) in [5.41, 5.74) is 2.15. The summed E-state index contributed by atoms with van der Waals surface area (Å²) in [6, 6.07) is 0. The lowest BCUT2D eigenvalue weighted by Crippen LogP contribution is -2.45. The molecule has 2 rings (SSSR count). The molecule has 1 N–H and O–H groups in total. The van der Waals surface area contributed by atoms with Crippen LogP contribution in [0.3, 0.4) is 0 Å². The first kappa shape index (κ1) is 15.0. The molecule has 19 heavy (non-hydrogen) atoms. The van der Waals surface area contributed by atoms with Gasteiger partial charge in [-0.15, -0.1) is 0 Å². The van der Waals surface area contributed by atoms with Crippen molar-refractivity contribution in [3.8, 4) is 0 Å². The molecule has 1 aromatic rings. The number of morpholine rings is 1. The Labute approximate surface area is 122 Å². The van der Waals surface area contributed by atoms with Crippen molar-refractivity contribution < 1.29 is 9.47 Å². The van der Waals surface area contributed by atoms with Crippen LogP contribution in [-0.2, 0) is 29.5 Å². The highest BCUT2D eigenvalue weighted by molar-refractivity contribution is 9.10. The number of rotatable bonds is 5. The van der Waals surface area contributed by atoms with Crippen LogP contribution in [0.2, 0.25) is 0 Å². The largest absolute Gasteiger partial charge is 0.372 e. The van der Waals surface area contributed by atoms with Gasteiger partial charge in [0.25, 0.3) is 0 Å². The Hall–Kier alpha value is -0.430. The monoisotopic (exact) mass is 331 g/mol. The Morgan fingerprint density at radius 1 is 1.53 bits per heavy atom. The molecule has 1 aromatic heterocycles. The molecule has 1 saturated heterocycles. The fraction of sp³-hybridized carbons (Fsp3) is 0.769. The molecule has 2 atom stereocenters. The van der Waals surface area contributed by atoms with Crippen LogP contribution >= 0.6 is 15.9 Å². The van der Waals surface area contributed by atoms with E-state index < -0.39 is 0 Å². The maximum atomic E-state index is 5.79. The molecule has 2 heterocycles. The molecule has 0 aromatic carbocycles. The Balaban J connectivity index is 1.84. The molecule has 2 unspecified atom stereocenters. The number of aromatic nitrogens is 2. The van der Waals surface area contributed by atoms with Crippen molar-refractivity contribution in [1.82, 2.24) is 15.1 Å². The topological polar surface area (TPSA) is 48.3 Å². The lowest BCUT2D eigenvalue weighted by molar-refractivity contribution is -0.0723. The maximum absolute atomic E-state index is 5.79. The van der Waals surface area contributed by atoms with Crippen molar-refractivity contribution in [2.75, 3.05) is 19.7 Å². The molecule has 1 aliphatic heterocycles. The van der Waals surface area contributed by atoms with Crippen molar-refractivity contribution >= 4 is 15.9 Å². The Kier molecular flexibility index (Phi) is 5.38. The number of hydrogen-bond acceptors (Lipinski definition) is 4. The average molecular weight is 332 g/mol. The predicted octanol–water partition coefficient (Wildman–Crippen LogP) is 1.64. The Morgan fingerprint density at radius 3 is 2.95 bits per heavy atom. The van der Waals surface area contributed by atoms with E-state index in [4.69, 9.17) is 9.47 Å². The Morgan fingerprint density at radius 2 is 2.32 bits per heavy atom. The van der Waals surface area contributed by atoms with Crippen molar-refractivity contribution in [3.63, 3.8) is 0 Å². The van der Waals surface area contributed by atoms with Crippen LogP contribution in [0.25, 0.3) is 0 Å². The van der Waals surface area contributed by atoms with E-state index in [0.717, 1.165) is 35.4 Å². The molecule has 0 aliphatic carbocycles. The zero-order chi connectivity index (χ0) is 13.8. The van der Waals surface area contributed by atoms with Gasteiger partial charge in [-0.2, -0.15) is 5.10 Å². The highest BCUT2D eigenvalue weighted by Crippen LogP contribution is 2.22. The molecule has 0 spiro atoms. The summed E-state index contributed by atoms with van der Waals surface area (Å²) >= 11 is 3.59. The highest BCUT2D eigenvalue weighted by Gasteiger charge is 2.19. The molecule has 0 saturated carbocycles. The van der Waals surface area contributed by atoms with Gasteiger partial charge in [-0.3, -0.25) is 4.68 Å². The van der Waals surface area contributed by atoms with E-state index in [1.165, 1.54) is 0 Å². The minimum atomic E-state index is 0.140. The molecule has 5 nitrogen and oxygen atoms in total. The summed E-state index contributed by atoms with van der Waals surface area (Å²) < 4.78 is 14.5. The van der Waals surface area contributed by atoms with Crippen LogP contribution in [0.1, 0.15) is 25.2 Å². The molecule has 1 fully saturated rings. The minimum Gasteiger partial charge on any atom is -0.372 e. The van der Waals surface area contributed by atoms with Crippen LogP contribution in [-0.4, -0.2) is 41.7 Å². The Bertz CT molecular complexity index is 422. The molecule has 1 aliphatic rings. The van der Waals surface area contributed by atoms with E-state index in [2.05, 4.69) is 40.2 Å². The van der Waals surface area contributed by atoms with Gasteiger partial charge >= 0.3 is 0 Å². The molecule has 0 amide bonds. The third kappa shape index (κ3) is 3.78. The smallest absolute Gasteiger partial charge is 0.0936 e. The number of halogens is 1. The predicted molar refractivity (Wildman–Crippen MR) is 77.1 cm³/mol. The second-order valence-electron chi connectivity index (χ2n) is 4.93. The molecular weight excluding hydrogens is 310 g/mol. The number of ether oxygens (including phenoxy) is 2. The van der Waals surface area contributed by atoms with Gasteiger partial charge in [0.1, 0.15) is 0 Å². The van der Waals surface area contributed by atoms with Crippen molar-refractivity contribution in [2.24, 2.45) is 7.05 Å². The van der Waals surface area contributed by atoms with Gasteiger partial charge in [-0.1, -0.05) is 6.92 Å². The first-order valence-electron chi connectivity index (χ1n) is 6.76. The van der Waals surface area contributed by atoms with Gasteiger partial charge in [0.05, 0.1) is 41.3 Å². The second kappa shape index (κ2) is 6.83. The first-order valence-corrected chi connectivity index (χ1v) is 7.55. The number of nitrogens with one attached hydrogen (secondary N) is 1. The van der Waals surface area contributed by atoms with E-state index >= 15 is 0 Å². The fourth-order valence-corrected chi connectivity index (χ4v) is 2.96. The minimum absolute atomic E-state index is 0.140. The lowest BCUT2D eigenvalue weighted by atomic mass is 10.2. The summed E-state index contributed by atoms with van der Waals surface area (Å²) in [6.07, 6.45) is 1.32. The number of hydrogen-bond donors (Lipinski definition) is 1. The molecule has 0 bridgehead atoms. The van der Waals surface area contributed by atoms with E-state index in [9.17, 15) is 0 Å². The van der Waals surface area contributed by atoms with Crippen LogP contribution in [0.5, 0.6) is 0 Å². The second-order valence-corrected chi connectivity index (χ2v) is 5.72. The van der Waals surface area contributed by atoms with Gasteiger partial charge in [-0.25, -0.2) is 0 Å². The molecule has 108 valence electrons. The maximum Gasteiger partial charge on any atom is 0.0936 e. The zero-order valence-electron chi connectivity index (χ0n) is 11.8. The van der Waals surface area contributed by atoms with E-state index in [1.54, 1.807) is 0 Å². The van der Waals surface area contributed by atoms with Gasteiger partial charge in [-0.05, 0) is 29.3 Å². The first-order chi connectivity index (χ1) is 9.11. The van der Waals surface area contributed by atoms with Crippen LogP contribution < -0.4 is 5.32 Å². The zero-order valence-corrected chi connectivity index (χ0v) is 13.4. The van der Waals surface area contributed by atoms with Crippen molar-refractivity contribution in [2.45, 2.75) is 39.1 Å². The molecular formula is C13H22BrN3O2. The van der Waals surface area contributed by atoms with Gasteiger partial charge < -0.3 is 14.8 Å². The molecule has 0 radical (unpaired) electrons. The lowest BCUT2D eigenvalue weighted by Gasteiger charge is -2.28. The van der Waals surface area contributed by atoms with Gasteiger partial charge in [0, 0.05) is 20.1 Å².